The van der Waals surface area contributed by atoms with Gasteiger partial charge in [-0.2, -0.15) is 17.9 Å². The Morgan fingerprint density at radius 1 is 0.976 bits per heavy atom. The molecule has 0 saturated carbocycles. The minimum atomic E-state index is -4.67. The van der Waals surface area contributed by atoms with Gasteiger partial charge < -0.3 is 14.2 Å². The topological polar surface area (TPSA) is 93.3 Å². The first-order chi connectivity index (χ1) is 20.2. The molecule has 0 amide bonds. The Labute approximate surface area is 243 Å². The number of hydrogen-bond donors (Lipinski definition) is 0. The second-order valence-corrected chi connectivity index (χ2v) is 9.59. The molecule has 0 spiro atoms. The average molecular weight is 600 g/mol. The first-order valence-corrected chi connectivity index (χ1v) is 13.3. The van der Waals surface area contributed by atoms with E-state index >= 15 is 0 Å². The van der Waals surface area contributed by atoms with E-state index in [9.17, 15) is 18.0 Å². The van der Waals surface area contributed by atoms with Crippen LogP contribution in [0.5, 0.6) is 17.5 Å². The number of fused-ring (bicyclic) bond motifs is 1. The third kappa shape index (κ3) is 6.24. The standard InChI is InChI=1S/C29H25ClF3N5O4/c1-3-37-24(17-40-16-19-8-5-4-6-9-19)36-38(28(37)39)21-14-20-11-13-35-27(42-26-22(30)10-7-12-34-26)25(20)23(15-21)41-18(2)29(31,32)33/h4-15,18H,3,16-17H2,1-2H3/t18-/m0/s1. The highest BCUT2D eigenvalue weighted by Crippen LogP contribution is 2.39. The first kappa shape index (κ1) is 29.1. The summed E-state index contributed by atoms with van der Waals surface area (Å²) >= 11 is 6.18. The molecule has 0 N–H and O–H groups in total. The molecule has 3 aromatic heterocycles. The van der Waals surface area contributed by atoms with Gasteiger partial charge in [0.2, 0.25) is 11.8 Å². The van der Waals surface area contributed by atoms with Crippen LogP contribution in [0.3, 0.4) is 0 Å². The molecule has 0 unspecified atom stereocenters. The lowest BCUT2D eigenvalue weighted by atomic mass is 10.1. The van der Waals surface area contributed by atoms with Crippen LogP contribution in [0.25, 0.3) is 16.5 Å². The van der Waals surface area contributed by atoms with Crippen molar-refractivity contribution >= 4 is 22.4 Å². The summed E-state index contributed by atoms with van der Waals surface area (Å²) in [5.74, 6) is 0.0667. The van der Waals surface area contributed by atoms with Crippen LogP contribution in [0.1, 0.15) is 25.2 Å². The van der Waals surface area contributed by atoms with Crippen molar-refractivity contribution in [1.82, 2.24) is 24.3 Å². The minimum Gasteiger partial charge on any atom is -0.480 e. The second kappa shape index (κ2) is 12.2. The van der Waals surface area contributed by atoms with Crippen LogP contribution < -0.4 is 15.2 Å². The smallest absolute Gasteiger partial charge is 0.425 e. The number of halogens is 4. The highest BCUT2D eigenvalue weighted by atomic mass is 35.5. The molecule has 0 fully saturated rings. The molecule has 13 heteroatoms. The van der Waals surface area contributed by atoms with Gasteiger partial charge in [-0.05, 0) is 49.1 Å². The molecule has 5 rings (SSSR count). The average Bonchev–Trinajstić information content (AvgIpc) is 3.29. The second-order valence-electron chi connectivity index (χ2n) is 9.19. The maximum absolute atomic E-state index is 13.6. The zero-order valence-electron chi connectivity index (χ0n) is 22.5. The zero-order chi connectivity index (χ0) is 29.9. The van der Waals surface area contributed by atoms with Gasteiger partial charge in [-0.15, -0.1) is 5.10 Å². The van der Waals surface area contributed by atoms with E-state index in [2.05, 4.69) is 15.1 Å². The summed E-state index contributed by atoms with van der Waals surface area (Å²) in [7, 11) is 0. The molecule has 0 bridgehead atoms. The molecule has 9 nitrogen and oxygen atoms in total. The van der Waals surface area contributed by atoms with Crippen LogP contribution in [0, 0.1) is 0 Å². The summed E-state index contributed by atoms with van der Waals surface area (Å²) in [5, 5.41) is 5.14. The molecule has 0 aliphatic carbocycles. The fourth-order valence-corrected chi connectivity index (χ4v) is 4.34. The molecule has 0 saturated heterocycles. The Bertz CT molecular complexity index is 1760. The number of pyridine rings is 2. The lowest BCUT2D eigenvalue weighted by Crippen LogP contribution is -2.31. The fraction of sp³-hybridized carbons (Fsp3) is 0.241. The summed E-state index contributed by atoms with van der Waals surface area (Å²) in [6.45, 7) is 3.32. The molecule has 5 aromatic rings. The van der Waals surface area contributed by atoms with Gasteiger partial charge in [-0.25, -0.2) is 14.8 Å². The van der Waals surface area contributed by atoms with Crippen LogP contribution in [0.2, 0.25) is 5.02 Å². The van der Waals surface area contributed by atoms with Crippen molar-refractivity contribution in [2.24, 2.45) is 0 Å². The monoisotopic (exact) mass is 599 g/mol. The number of aromatic nitrogens is 5. The molecule has 2 aromatic carbocycles. The maximum Gasteiger partial charge on any atom is 0.425 e. The minimum absolute atomic E-state index is 0.0103. The number of alkyl halides is 3. The molecular weight excluding hydrogens is 575 g/mol. The number of nitrogens with zero attached hydrogens (tertiary/aromatic N) is 5. The Hall–Kier alpha value is -4.42. The number of benzene rings is 2. The predicted molar refractivity (Wildman–Crippen MR) is 149 cm³/mol. The summed E-state index contributed by atoms with van der Waals surface area (Å²) in [6.07, 6.45) is -3.99. The van der Waals surface area contributed by atoms with E-state index in [1.54, 1.807) is 31.2 Å². The quantitative estimate of drug-likeness (QED) is 0.181. The highest BCUT2D eigenvalue weighted by Gasteiger charge is 2.38. The van der Waals surface area contributed by atoms with Gasteiger partial charge >= 0.3 is 11.9 Å². The van der Waals surface area contributed by atoms with Crippen LogP contribution in [0.4, 0.5) is 13.2 Å². The molecule has 0 aliphatic heterocycles. The van der Waals surface area contributed by atoms with Crippen molar-refractivity contribution in [3.8, 4) is 23.2 Å². The van der Waals surface area contributed by atoms with Gasteiger partial charge in [0, 0.05) is 25.0 Å². The summed E-state index contributed by atoms with van der Waals surface area (Å²) < 4.78 is 60.3. The van der Waals surface area contributed by atoms with E-state index in [1.165, 1.54) is 23.0 Å². The van der Waals surface area contributed by atoms with Crippen molar-refractivity contribution in [3.63, 3.8) is 0 Å². The largest absolute Gasteiger partial charge is 0.480 e. The van der Waals surface area contributed by atoms with Crippen molar-refractivity contribution in [1.29, 1.82) is 0 Å². The molecule has 0 radical (unpaired) electrons. The zero-order valence-corrected chi connectivity index (χ0v) is 23.3. The van der Waals surface area contributed by atoms with E-state index < -0.39 is 18.0 Å². The van der Waals surface area contributed by atoms with Gasteiger partial charge in [0.15, 0.2) is 11.9 Å². The van der Waals surface area contributed by atoms with Crippen molar-refractivity contribution in [2.45, 2.75) is 45.9 Å². The Balaban J connectivity index is 1.57. The van der Waals surface area contributed by atoms with Crippen molar-refractivity contribution in [3.05, 3.63) is 100.0 Å². The van der Waals surface area contributed by atoms with Crippen LogP contribution >= 0.6 is 11.6 Å². The number of ether oxygens (including phenoxy) is 3. The molecule has 1 atom stereocenters. The van der Waals surface area contributed by atoms with E-state index in [1.807, 2.05) is 30.3 Å². The van der Waals surface area contributed by atoms with Crippen LogP contribution in [0.15, 0.2) is 77.9 Å². The third-order valence-corrected chi connectivity index (χ3v) is 6.59. The van der Waals surface area contributed by atoms with Gasteiger partial charge in [0.1, 0.15) is 17.4 Å². The van der Waals surface area contributed by atoms with Crippen molar-refractivity contribution in [2.75, 3.05) is 0 Å². The molecular formula is C29H25ClF3N5O4. The van der Waals surface area contributed by atoms with E-state index in [-0.39, 0.29) is 40.2 Å². The molecule has 0 aliphatic rings. The van der Waals surface area contributed by atoms with Gasteiger partial charge in [0.25, 0.3) is 0 Å². The molecule has 3 heterocycles. The SMILES string of the molecule is CCn1c(COCc2ccccc2)nn(-c2cc(O[C@@H](C)C(F)(F)F)c3c(Oc4ncccc4Cl)nccc3c2)c1=O. The lowest BCUT2D eigenvalue weighted by molar-refractivity contribution is -0.189. The maximum atomic E-state index is 13.6. The summed E-state index contributed by atoms with van der Waals surface area (Å²) in [6, 6.07) is 17.1. The van der Waals surface area contributed by atoms with Crippen LogP contribution in [-0.2, 0) is 24.5 Å². The first-order valence-electron chi connectivity index (χ1n) is 12.9. The van der Waals surface area contributed by atoms with E-state index in [0.29, 0.717) is 24.4 Å². The van der Waals surface area contributed by atoms with E-state index in [0.717, 1.165) is 17.2 Å². The van der Waals surface area contributed by atoms with Crippen molar-refractivity contribution < 1.29 is 27.4 Å². The molecule has 42 heavy (non-hydrogen) atoms. The lowest BCUT2D eigenvalue weighted by Gasteiger charge is -2.20. The Morgan fingerprint density at radius 2 is 1.74 bits per heavy atom. The normalized spacial score (nSPS) is 12.4. The summed E-state index contributed by atoms with van der Waals surface area (Å²) in [5.41, 5.74) is 0.647. The van der Waals surface area contributed by atoms with Crippen LogP contribution in [-0.4, -0.2) is 36.6 Å². The fourth-order valence-electron chi connectivity index (χ4n) is 4.18. The number of hydrogen-bond acceptors (Lipinski definition) is 7. The van der Waals surface area contributed by atoms with E-state index in [4.69, 9.17) is 25.8 Å². The third-order valence-electron chi connectivity index (χ3n) is 6.30. The Kier molecular flexibility index (Phi) is 8.46. The van der Waals surface area contributed by atoms with Gasteiger partial charge in [-0.1, -0.05) is 41.9 Å². The van der Waals surface area contributed by atoms with Gasteiger partial charge in [0.05, 0.1) is 17.7 Å². The summed E-state index contributed by atoms with van der Waals surface area (Å²) in [4.78, 5) is 21.6. The van der Waals surface area contributed by atoms with Gasteiger partial charge in [-0.3, -0.25) is 4.57 Å². The highest BCUT2D eigenvalue weighted by molar-refractivity contribution is 6.31. The molecule has 218 valence electrons. The Morgan fingerprint density at radius 3 is 2.45 bits per heavy atom. The number of rotatable bonds is 10. The predicted octanol–water partition coefficient (Wildman–Crippen LogP) is 6.49.